The Morgan fingerprint density at radius 1 is 0.696 bits per heavy atom. The molecular weight excluding hydrogens is 732 g/mol. The van der Waals surface area contributed by atoms with Gasteiger partial charge in [0.1, 0.15) is 30.4 Å². The lowest BCUT2D eigenvalue weighted by Gasteiger charge is -2.20. The van der Waals surface area contributed by atoms with Crippen LogP contribution in [0.25, 0.3) is 33.3 Å². The third kappa shape index (κ3) is 9.85. The van der Waals surface area contributed by atoms with Crippen LogP contribution in [-0.2, 0) is 44.7 Å². The van der Waals surface area contributed by atoms with Gasteiger partial charge in [0.05, 0.1) is 42.3 Å². The number of likely N-dealkylation sites (N-methyl/N-ethyl adjacent to an activating group) is 2. The average molecular weight is 777 g/mol. The van der Waals surface area contributed by atoms with E-state index in [1.807, 2.05) is 62.3 Å². The van der Waals surface area contributed by atoms with Gasteiger partial charge in [0.25, 0.3) is 0 Å². The largest absolute Gasteiger partial charge is 0.465 e. The molecule has 0 bridgehead atoms. The summed E-state index contributed by atoms with van der Waals surface area (Å²) in [5, 5.41) is 2.38. The zero-order valence-electron chi connectivity index (χ0n) is 32.3. The van der Waals surface area contributed by atoms with Gasteiger partial charge in [-0.3, -0.25) is 29.5 Å². The van der Waals surface area contributed by atoms with Crippen molar-refractivity contribution in [3.05, 3.63) is 94.7 Å². The van der Waals surface area contributed by atoms with Gasteiger partial charge >= 0.3 is 11.9 Å². The highest BCUT2D eigenvalue weighted by molar-refractivity contribution is 6.28. The molecule has 0 aromatic carbocycles. The minimum absolute atomic E-state index is 0.159. The molecule has 6 aromatic rings. The number of aryl methyl sites for hydroxylation is 3. The van der Waals surface area contributed by atoms with E-state index in [9.17, 15) is 9.59 Å². The molecule has 0 saturated carbocycles. The first-order valence-electron chi connectivity index (χ1n) is 18.7. The molecule has 2 aliphatic carbocycles. The first kappa shape index (κ1) is 39.8. The Labute approximate surface area is 330 Å². The Bertz CT molecular complexity index is 2340. The fraction of sp³-hybridized carbons (Fsp3) is 0.366. The summed E-state index contributed by atoms with van der Waals surface area (Å²) >= 11 is 5.91. The molecule has 0 spiro atoms. The monoisotopic (exact) mass is 776 g/mol. The number of hydrogen-bond acceptors (Lipinski definition) is 14. The van der Waals surface area contributed by atoms with Crippen molar-refractivity contribution >= 4 is 57.0 Å². The summed E-state index contributed by atoms with van der Waals surface area (Å²) in [7, 11) is 3.67. The number of fused-ring (bicyclic) bond motifs is 4. The summed E-state index contributed by atoms with van der Waals surface area (Å²) in [4.78, 5) is 62.1. The number of carbonyl (C=O) groups is 2. The maximum Gasteiger partial charge on any atom is 0.325 e. The van der Waals surface area contributed by atoms with Crippen molar-refractivity contribution in [1.82, 2.24) is 39.9 Å². The van der Waals surface area contributed by atoms with Gasteiger partial charge in [0.2, 0.25) is 5.28 Å². The smallest absolute Gasteiger partial charge is 0.325 e. The average Bonchev–Trinajstić information content (AvgIpc) is 3.87. The molecule has 15 heteroatoms. The molecule has 0 unspecified atom stereocenters. The molecule has 0 saturated heterocycles. The lowest BCUT2D eigenvalue weighted by atomic mass is 10.2. The zero-order chi connectivity index (χ0) is 39.6. The van der Waals surface area contributed by atoms with Gasteiger partial charge < -0.3 is 19.3 Å². The molecule has 6 aromatic heterocycles. The lowest BCUT2D eigenvalue weighted by Crippen LogP contribution is -2.29. The highest BCUT2D eigenvalue weighted by Crippen LogP contribution is 2.32. The quantitative estimate of drug-likeness (QED) is 0.122. The minimum Gasteiger partial charge on any atom is -0.465 e. The van der Waals surface area contributed by atoms with E-state index in [1.54, 1.807) is 43.5 Å². The van der Waals surface area contributed by atoms with E-state index in [0.29, 0.717) is 24.7 Å². The molecule has 6 heterocycles. The van der Waals surface area contributed by atoms with E-state index in [2.05, 4.69) is 29.9 Å². The van der Waals surface area contributed by atoms with Gasteiger partial charge in [0, 0.05) is 59.8 Å². The van der Waals surface area contributed by atoms with E-state index < -0.39 is 0 Å². The second-order valence-corrected chi connectivity index (χ2v) is 13.7. The first-order valence-corrected chi connectivity index (χ1v) is 19.1. The van der Waals surface area contributed by atoms with Crippen molar-refractivity contribution in [2.75, 3.05) is 50.2 Å². The Morgan fingerprint density at radius 3 is 1.82 bits per heavy atom. The normalized spacial score (nSPS) is 12.5. The molecule has 0 atom stereocenters. The Hall–Kier alpha value is -5.89. The number of nitrogens with zero attached hydrogens (tertiary/aromatic N) is 10. The van der Waals surface area contributed by atoms with Crippen LogP contribution < -0.4 is 9.80 Å². The van der Waals surface area contributed by atoms with Gasteiger partial charge in [-0.25, -0.2) is 19.9 Å². The number of pyridine rings is 4. The number of aromatic nitrogens is 8. The fourth-order valence-electron chi connectivity index (χ4n) is 6.67. The van der Waals surface area contributed by atoms with Gasteiger partial charge in [-0.2, -0.15) is 0 Å². The van der Waals surface area contributed by atoms with E-state index in [0.717, 1.165) is 100 Å². The predicted octanol–water partition coefficient (Wildman–Crippen LogP) is 6.13. The number of rotatable bonds is 9. The molecule has 290 valence electrons. The van der Waals surface area contributed by atoms with Crippen molar-refractivity contribution in [3.8, 4) is 11.5 Å². The summed E-state index contributed by atoms with van der Waals surface area (Å²) in [6.07, 6.45) is 12.9. The van der Waals surface area contributed by atoms with Crippen LogP contribution in [0.1, 0.15) is 54.9 Å². The molecular formula is C41H45ClN10O4. The Kier molecular flexibility index (Phi) is 13.2. The third-order valence-electron chi connectivity index (χ3n) is 9.21. The third-order valence-corrected chi connectivity index (χ3v) is 9.38. The van der Waals surface area contributed by atoms with Crippen molar-refractivity contribution in [2.45, 2.75) is 59.3 Å². The topological polar surface area (TPSA) is 162 Å². The summed E-state index contributed by atoms with van der Waals surface area (Å²) in [6, 6.07) is 11.8. The van der Waals surface area contributed by atoms with Crippen molar-refractivity contribution in [2.24, 2.45) is 0 Å². The zero-order valence-corrected chi connectivity index (χ0v) is 33.1. The standard InChI is InChI=1S/C20H21N5O2.C12H16ClN3O2.C9H8N2/c1-3-27-18(26)12-25(2)20-14-7-4-8-15(14)23-19(24-20)16-10-13-6-5-9-21-17(13)11-22-16;1-3-18-10(17)7-16(2)11-8-5-4-6-9(8)14-12(13)15-11;1-7-5-8-3-2-4-10-9(8)6-11-7/h5-6,9-11H,3-4,7-8,12H2,1-2H3;3-7H2,1-2H3;2-6H,1H3. The SMILES string of the molecule is CCOC(=O)CN(C)c1nc(-c2cc3cccnc3cn2)nc2c1CCC2.CCOC(=O)CN(C)c1nc(Cl)nc2c1CCC2.Cc1cc2cccnc2cn1. The van der Waals surface area contributed by atoms with E-state index in [1.165, 1.54) is 0 Å². The summed E-state index contributed by atoms with van der Waals surface area (Å²) in [6.45, 7) is 6.66. The second-order valence-electron chi connectivity index (χ2n) is 13.4. The molecule has 56 heavy (non-hydrogen) atoms. The maximum atomic E-state index is 11.9. The van der Waals surface area contributed by atoms with Gasteiger partial charge in [-0.15, -0.1) is 0 Å². The Morgan fingerprint density at radius 2 is 1.23 bits per heavy atom. The summed E-state index contributed by atoms with van der Waals surface area (Å²) < 4.78 is 10.00. The number of anilines is 2. The van der Waals surface area contributed by atoms with Gasteiger partial charge in [-0.05, 0) is 95.2 Å². The van der Waals surface area contributed by atoms with Crippen LogP contribution in [0.15, 0.2) is 61.2 Å². The van der Waals surface area contributed by atoms with Gasteiger partial charge in [-0.1, -0.05) is 12.1 Å². The molecule has 2 aliphatic rings. The molecule has 14 nitrogen and oxygen atoms in total. The van der Waals surface area contributed by atoms with Crippen LogP contribution in [0.2, 0.25) is 5.28 Å². The van der Waals surface area contributed by atoms with Crippen molar-refractivity contribution in [1.29, 1.82) is 0 Å². The number of ether oxygens (including phenoxy) is 2. The fourth-order valence-corrected chi connectivity index (χ4v) is 6.86. The number of esters is 2. The molecule has 0 aliphatic heterocycles. The molecule has 8 rings (SSSR count). The maximum absolute atomic E-state index is 11.9. The highest BCUT2D eigenvalue weighted by Gasteiger charge is 2.24. The lowest BCUT2D eigenvalue weighted by molar-refractivity contribution is -0.142. The Balaban J connectivity index is 0.000000157. The summed E-state index contributed by atoms with van der Waals surface area (Å²) in [5.74, 6) is 1.58. The van der Waals surface area contributed by atoms with Crippen LogP contribution in [-0.4, -0.2) is 92.2 Å². The van der Waals surface area contributed by atoms with Gasteiger partial charge in [0.15, 0.2) is 5.82 Å². The molecule has 0 amide bonds. The minimum atomic E-state index is -0.263. The second kappa shape index (κ2) is 18.6. The predicted molar refractivity (Wildman–Crippen MR) is 216 cm³/mol. The van der Waals surface area contributed by atoms with Crippen LogP contribution >= 0.6 is 11.6 Å². The van der Waals surface area contributed by atoms with E-state index >= 15 is 0 Å². The molecule has 0 radical (unpaired) electrons. The van der Waals surface area contributed by atoms with Crippen LogP contribution in [0.5, 0.6) is 0 Å². The van der Waals surface area contributed by atoms with Crippen molar-refractivity contribution < 1.29 is 19.1 Å². The molecule has 0 N–H and O–H groups in total. The van der Waals surface area contributed by atoms with Crippen molar-refractivity contribution in [3.63, 3.8) is 0 Å². The highest BCUT2D eigenvalue weighted by atomic mass is 35.5. The summed E-state index contributed by atoms with van der Waals surface area (Å²) in [5.41, 5.74) is 7.79. The van der Waals surface area contributed by atoms with Crippen LogP contribution in [0, 0.1) is 6.92 Å². The number of halogens is 1. The van der Waals surface area contributed by atoms with Crippen LogP contribution in [0.3, 0.4) is 0 Å². The van der Waals surface area contributed by atoms with E-state index in [-0.39, 0.29) is 30.3 Å². The number of carbonyl (C=O) groups excluding carboxylic acids is 2. The molecule has 0 fully saturated rings. The first-order chi connectivity index (χ1) is 27.1. The number of hydrogen-bond donors (Lipinski definition) is 0. The van der Waals surface area contributed by atoms with E-state index in [4.69, 9.17) is 31.0 Å². The van der Waals surface area contributed by atoms with Crippen LogP contribution in [0.4, 0.5) is 11.6 Å².